The second kappa shape index (κ2) is 34.8. The fourth-order valence-corrected chi connectivity index (χ4v) is 6.74. The van der Waals surface area contributed by atoms with Gasteiger partial charge in [0.15, 0.2) is 6.10 Å². The molecule has 0 aliphatic rings. The Labute approximate surface area is 314 Å². The molecule has 9 nitrogen and oxygen atoms in total. The lowest BCUT2D eigenvalue weighted by molar-refractivity contribution is -0.870. The van der Waals surface area contributed by atoms with Crippen molar-refractivity contribution in [1.29, 1.82) is 0 Å². The van der Waals surface area contributed by atoms with Crippen molar-refractivity contribution in [3.05, 3.63) is 0 Å². The molecular weight excluding hydrogens is 665 g/mol. The summed E-state index contributed by atoms with van der Waals surface area (Å²) < 4.78 is 33.8. The molecule has 0 rings (SSSR count). The van der Waals surface area contributed by atoms with Gasteiger partial charge in [-0.25, -0.2) is 0 Å². The van der Waals surface area contributed by atoms with Gasteiger partial charge in [0.25, 0.3) is 7.82 Å². The molecule has 0 heterocycles. The van der Waals surface area contributed by atoms with E-state index in [4.69, 9.17) is 18.5 Å². The smallest absolute Gasteiger partial charge is 0.306 e. The molecule has 1 unspecified atom stereocenters. The molecule has 304 valence electrons. The number of ether oxygens (including phenoxy) is 2. The molecule has 2 atom stereocenters. The fourth-order valence-electron chi connectivity index (χ4n) is 6.01. The Morgan fingerprint density at radius 1 is 0.529 bits per heavy atom. The standard InChI is InChI=1S/C41H82NO8P/c1-6-8-10-12-14-16-17-18-19-20-21-22-23-24-26-28-30-32-34-41(44)50-39(38-49-51(45,46)48-36-35-42(3,4)5)37-47-40(43)33-31-29-27-25-15-13-11-9-7-2/h39H,6-38H2,1-5H3/t39-/m1/s1. The summed E-state index contributed by atoms with van der Waals surface area (Å²) in [6, 6.07) is 0. The maximum Gasteiger partial charge on any atom is 0.306 e. The topological polar surface area (TPSA) is 111 Å². The van der Waals surface area contributed by atoms with Gasteiger partial charge in [-0.2, -0.15) is 0 Å². The van der Waals surface area contributed by atoms with E-state index in [1.807, 2.05) is 21.1 Å². The van der Waals surface area contributed by atoms with E-state index in [1.54, 1.807) is 0 Å². The number of carbonyl (C=O) groups is 2. The van der Waals surface area contributed by atoms with Gasteiger partial charge in [-0.15, -0.1) is 0 Å². The second-order valence-electron chi connectivity index (χ2n) is 15.7. The minimum atomic E-state index is -4.61. The summed E-state index contributed by atoms with van der Waals surface area (Å²) in [6.45, 7) is 4.23. The van der Waals surface area contributed by atoms with Gasteiger partial charge in [0.2, 0.25) is 0 Å². The van der Waals surface area contributed by atoms with Gasteiger partial charge in [0.05, 0.1) is 27.7 Å². The Balaban J connectivity index is 4.27. The predicted octanol–water partition coefficient (Wildman–Crippen LogP) is 11.0. The van der Waals surface area contributed by atoms with Gasteiger partial charge in [-0.05, 0) is 12.8 Å². The summed E-state index contributed by atoms with van der Waals surface area (Å²) in [7, 11) is 1.18. The molecule has 0 saturated heterocycles. The van der Waals surface area contributed by atoms with Gasteiger partial charge in [0, 0.05) is 12.8 Å². The molecule has 0 aromatic carbocycles. The number of quaternary nitrogens is 1. The molecule has 0 spiro atoms. The Hall–Kier alpha value is -0.990. The molecule has 0 amide bonds. The van der Waals surface area contributed by atoms with Crippen molar-refractivity contribution in [2.75, 3.05) is 47.5 Å². The number of esters is 2. The third-order valence-electron chi connectivity index (χ3n) is 9.38. The Morgan fingerprint density at radius 2 is 0.882 bits per heavy atom. The summed E-state index contributed by atoms with van der Waals surface area (Å²) in [4.78, 5) is 37.3. The number of nitrogens with zero attached hydrogens (tertiary/aromatic N) is 1. The van der Waals surface area contributed by atoms with Gasteiger partial charge >= 0.3 is 11.9 Å². The number of rotatable bonds is 39. The third-order valence-corrected chi connectivity index (χ3v) is 10.3. The zero-order chi connectivity index (χ0) is 37.9. The van der Waals surface area contributed by atoms with E-state index >= 15 is 0 Å². The molecule has 0 bridgehead atoms. The Bertz CT molecular complexity index is 850. The molecule has 0 aliphatic heterocycles. The van der Waals surface area contributed by atoms with Crippen molar-refractivity contribution in [2.24, 2.45) is 0 Å². The molecule has 0 N–H and O–H groups in total. The second-order valence-corrected chi connectivity index (χ2v) is 17.1. The number of unbranched alkanes of at least 4 members (excludes halogenated alkanes) is 25. The average Bonchev–Trinajstić information content (AvgIpc) is 3.07. The lowest BCUT2D eigenvalue weighted by Crippen LogP contribution is -2.37. The lowest BCUT2D eigenvalue weighted by Gasteiger charge is -2.28. The van der Waals surface area contributed by atoms with E-state index < -0.39 is 26.5 Å². The van der Waals surface area contributed by atoms with Crippen LogP contribution in [0.15, 0.2) is 0 Å². The monoisotopic (exact) mass is 748 g/mol. The quantitative estimate of drug-likeness (QED) is 0.0264. The molecule has 51 heavy (non-hydrogen) atoms. The summed E-state index contributed by atoms with van der Waals surface area (Å²) in [6.07, 6.45) is 32.7. The van der Waals surface area contributed by atoms with Crippen LogP contribution in [0.25, 0.3) is 0 Å². The molecule has 0 radical (unpaired) electrons. The highest BCUT2D eigenvalue weighted by Crippen LogP contribution is 2.38. The van der Waals surface area contributed by atoms with Crippen molar-refractivity contribution in [3.8, 4) is 0 Å². The van der Waals surface area contributed by atoms with Gasteiger partial charge in [-0.3, -0.25) is 14.2 Å². The maximum absolute atomic E-state index is 12.6. The number of hydrogen-bond acceptors (Lipinski definition) is 8. The molecule has 0 aromatic rings. The number of hydrogen-bond donors (Lipinski definition) is 0. The van der Waals surface area contributed by atoms with Crippen LogP contribution in [0.2, 0.25) is 0 Å². The van der Waals surface area contributed by atoms with Crippen molar-refractivity contribution >= 4 is 19.8 Å². The minimum absolute atomic E-state index is 0.0260. The molecule has 10 heteroatoms. The van der Waals surface area contributed by atoms with E-state index in [2.05, 4.69) is 13.8 Å². The number of phosphoric ester groups is 1. The molecule has 0 aromatic heterocycles. The summed E-state index contributed by atoms with van der Waals surface area (Å²) in [5, 5.41) is 0. The van der Waals surface area contributed by atoms with Crippen LogP contribution in [0.1, 0.15) is 200 Å². The van der Waals surface area contributed by atoms with E-state index in [9.17, 15) is 19.0 Å². The van der Waals surface area contributed by atoms with Crippen molar-refractivity contribution in [3.63, 3.8) is 0 Å². The third kappa shape index (κ3) is 38.5. The van der Waals surface area contributed by atoms with Gasteiger partial charge in [-0.1, -0.05) is 174 Å². The summed E-state index contributed by atoms with van der Waals surface area (Å²) >= 11 is 0. The van der Waals surface area contributed by atoms with Crippen molar-refractivity contribution < 1.29 is 42.1 Å². The zero-order valence-corrected chi connectivity index (χ0v) is 35.0. The normalized spacial score (nSPS) is 13.6. The number of carbonyl (C=O) groups excluding carboxylic acids is 2. The number of phosphoric acid groups is 1. The highest BCUT2D eigenvalue weighted by molar-refractivity contribution is 7.45. The van der Waals surface area contributed by atoms with Crippen LogP contribution in [0.4, 0.5) is 0 Å². The largest absolute Gasteiger partial charge is 0.756 e. The van der Waals surface area contributed by atoms with Gasteiger partial charge in [0.1, 0.15) is 19.8 Å². The first-order valence-corrected chi connectivity index (χ1v) is 22.7. The van der Waals surface area contributed by atoms with E-state index in [0.29, 0.717) is 17.4 Å². The fraction of sp³-hybridized carbons (Fsp3) is 0.951. The molecule has 0 fully saturated rings. The SMILES string of the molecule is CCCCCCCCCCCCCCCCCCCCC(=O)O[C@H](COC(=O)CCCCCCCCCCC)COP(=O)([O-])OCC[N+](C)(C)C. The van der Waals surface area contributed by atoms with E-state index in [1.165, 1.54) is 135 Å². The maximum atomic E-state index is 12.6. The van der Waals surface area contributed by atoms with Crippen LogP contribution in [-0.4, -0.2) is 70.0 Å². The van der Waals surface area contributed by atoms with Crippen molar-refractivity contribution in [1.82, 2.24) is 0 Å². The Kier molecular flexibility index (Phi) is 34.1. The zero-order valence-electron chi connectivity index (χ0n) is 34.1. The first-order chi connectivity index (χ1) is 24.5. The van der Waals surface area contributed by atoms with Gasteiger partial charge < -0.3 is 27.9 Å². The highest BCUT2D eigenvalue weighted by Gasteiger charge is 2.21. The summed E-state index contributed by atoms with van der Waals surface area (Å²) in [5.74, 6) is -0.825. The van der Waals surface area contributed by atoms with Crippen LogP contribution in [0.3, 0.4) is 0 Å². The predicted molar refractivity (Wildman–Crippen MR) is 208 cm³/mol. The number of likely N-dealkylation sites (N-methyl/N-ethyl adjacent to an activating group) is 1. The average molecular weight is 748 g/mol. The van der Waals surface area contributed by atoms with Crippen molar-refractivity contribution in [2.45, 2.75) is 206 Å². The van der Waals surface area contributed by atoms with E-state index in [0.717, 1.165) is 32.1 Å². The van der Waals surface area contributed by atoms with Crippen LogP contribution in [-0.2, 0) is 32.7 Å². The lowest BCUT2D eigenvalue weighted by atomic mass is 10.0. The van der Waals surface area contributed by atoms with Crippen LogP contribution >= 0.6 is 7.82 Å². The Morgan fingerprint density at radius 3 is 1.25 bits per heavy atom. The first-order valence-electron chi connectivity index (χ1n) is 21.2. The molecule has 0 saturated carbocycles. The van der Waals surface area contributed by atoms with E-state index in [-0.39, 0.29) is 32.0 Å². The molecule has 0 aliphatic carbocycles. The highest BCUT2D eigenvalue weighted by atomic mass is 31.2. The van der Waals surface area contributed by atoms with Crippen LogP contribution < -0.4 is 4.89 Å². The van der Waals surface area contributed by atoms with Crippen LogP contribution in [0, 0.1) is 0 Å². The summed E-state index contributed by atoms with van der Waals surface area (Å²) in [5.41, 5.74) is 0. The van der Waals surface area contributed by atoms with Crippen LogP contribution in [0.5, 0.6) is 0 Å². The molecular formula is C41H82NO8P. The first kappa shape index (κ1) is 50.0. The minimum Gasteiger partial charge on any atom is -0.756 e.